The molecule has 24 heavy (non-hydrogen) atoms. The molecule has 0 amide bonds. The third-order valence-electron chi connectivity index (χ3n) is 4.17. The summed E-state index contributed by atoms with van der Waals surface area (Å²) >= 11 is 0. The molecule has 0 aromatic carbocycles. The van der Waals surface area contributed by atoms with Gasteiger partial charge in [0, 0.05) is 50.4 Å². The molecule has 2 aromatic rings. The van der Waals surface area contributed by atoms with Crippen LogP contribution in [0.2, 0.25) is 0 Å². The van der Waals surface area contributed by atoms with Crippen molar-refractivity contribution in [2.45, 2.75) is 32.8 Å². The van der Waals surface area contributed by atoms with Gasteiger partial charge >= 0.3 is 0 Å². The fraction of sp³-hybridized carbons (Fsp3) is 0.588. The summed E-state index contributed by atoms with van der Waals surface area (Å²) in [5.41, 5.74) is 0.894. The molecule has 1 aliphatic heterocycles. The van der Waals surface area contributed by atoms with E-state index < -0.39 is 0 Å². The molecule has 7 nitrogen and oxygen atoms in total. The zero-order valence-electron chi connectivity index (χ0n) is 14.5. The number of aliphatic hydroxyl groups is 1. The maximum Gasteiger partial charge on any atom is 0.258 e. The average Bonchev–Trinajstić information content (AvgIpc) is 3.05. The summed E-state index contributed by atoms with van der Waals surface area (Å²) in [6.45, 7) is 10.3. The minimum atomic E-state index is -0.286. The number of aliphatic hydroxyl groups excluding tert-OH is 1. The van der Waals surface area contributed by atoms with Gasteiger partial charge < -0.3 is 14.5 Å². The van der Waals surface area contributed by atoms with Crippen LogP contribution in [0, 0.1) is 0 Å². The molecule has 2 aromatic heterocycles. The zero-order valence-corrected chi connectivity index (χ0v) is 14.5. The molecule has 3 rings (SSSR count). The van der Waals surface area contributed by atoms with Crippen LogP contribution in [-0.4, -0.2) is 64.0 Å². The van der Waals surface area contributed by atoms with Crippen LogP contribution in [0.15, 0.2) is 22.9 Å². The number of rotatable bonds is 5. The maximum atomic E-state index is 9.50. The number of piperazine rings is 1. The summed E-state index contributed by atoms with van der Waals surface area (Å²) in [6, 6.07) is 3.90. The normalized spacial score (nSPS) is 17.5. The van der Waals surface area contributed by atoms with Crippen molar-refractivity contribution in [1.82, 2.24) is 20.0 Å². The second-order valence-electron chi connectivity index (χ2n) is 6.65. The van der Waals surface area contributed by atoms with Crippen LogP contribution in [0.5, 0.6) is 0 Å². The lowest BCUT2D eigenvalue weighted by Crippen LogP contribution is -2.48. The van der Waals surface area contributed by atoms with Crippen LogP contribution in [0.4, 0.5) is 5.82 Å². The SMILES string of the molecule is CC(O)CN1CCN(c2cc(-c3nc(C(C)C)no3)ccn2)CC1. The van der Waals surface area contributed by atoms with Gasteiger partial charge in [0.15, 0.2) is 5.82 Å². The molecular formula is C17H25N5O2. The molecule has 0 bridgehead atoms. The van der Waals surface area contributed by atoms with Gasteiger partial charge in [-0.05, 0) is 19.1 Å². The van der Waals surface area contributed by atoms with Gasteiger partial charge in [-0.1, -0.05) is 19.0 Å². The van der Waals surface area contributed by atoms with Gasteiger partial charge in [0.05, 0.1) is 6.10 Å². The van der Waals surface area contributed by atoms with E-state index in [0.29, 0.717) is 5.89 Å². The zero-order chi connectivity index (χ0) is 17.1. The number of hydrogen-bond acceptors (Lipinski definition) is 7. The summed E-state index contributed by atoms with van der Waals surface area (Å²) in [7, 11) is 0. The second kappa shape index (κ2) is 7.27. The molecule has 1 saturated heterocycles. The summed E-state index contributed by atoms with van der Waals surface area (Å²) in [5.74, 6) is 2.42. The highest BCUT2D eigenvalue weighted by atomic mass is 16.5. The Morgan fingerprint density at radius 3 is 2.58 bits per heavy atom. The largest absolute Gasteiger partial charge is 0.392 e. The van der Waals surface area contributed by atoms with Gasteiger partial charge in [-0.3, -0.25) is 4.90 Å². The third kappa shape index (κ3) is 3.91. The summed E-state index contributed by atoms with van der Waals surface area (Å²) < 4.78 is 5.37. The summed E-state index contributed by atoms with van der Waals surface area (Å²) in [4.78, 5) is 13.5. The number of β-amino-alcohol motifs (C(OH)–C–C–N with tert-alkyl or cyclic N) is 1. The molecule has 7 heteroatoms. The van der Waals surface area contributed by atoms with E-state index in [1.807, 2.05) is 32.9 Å². The van der Waals surface area contributed by atoms with Gasteiger partial charge in [0.25, 0.3) is 5.89 Å². The lowest BCUT2D eigenvalue weighted by molar-refractivity contribution is 0.122. The minimum absolute atomic E-state index is 0.241. The van der Waals surface area contributed by atoms with E-state index in [-0.39, 0.29) is 12.0 Å². The van der Waals surface area contributed by atoms with Crippen molar-refractivity contribution in [3.8, 4) is 11.5 Å². The first-order valence-corrected chi connectivity index (χ1v) is 8.48. The molecule has 1 unspecified atom stereocenters. The van der Waals surface area contributed by atoms with Gasteiger partial charge in [-0.15, -0.1) is 0 Å². The van der Waals surface area contributed by atoms with E-state index in [2.05, 4.69) is 24.9 Å². The minimum Gasteiger partial charge on any atom is -0.392 e. The highest BCUT2D eigenvalue weighted by Gasteiger charge is 2.20. The molecule has 1 fully saturated rings. The van der Waals surface area contributed by atoms with Gasteiger partial charge in [-0.25, -0.2) is 4.98 Å². The fourth-order valence-electron chi connectivity index (χ4n) is 2.84. The monoisotopic (exact) mass is 331 g/mol. The van der Waals surface area contributed by atoms with Crippen LogP contribution >= 0.6 is 0 Å². The standard InChI is InChI=1S/C17H25N5O2/c1-12(2)16-19-17(24-20-16)14-4-5-18-15(10-14)22-8-6-21(7-9-22)11-13(3)23/h4-5,10,12-13,23H,6-9,11H2,1-3H3. The Balaban J connectivity index is 1.69. The Labute approximate surface area is 142 Å². The van der Waals surface area contributed by atoms with Crippen molar-refractivity contribution in [3.05, 3.63) is 24.2 Å². The molecule has 130 valence electrons. The Kier molecular flexibility index (Phi) is 5.11. The Bertz CT molecular complexity index is 663. The van der Waals surface area contributed by atoms with Crippen LogP contribution in [0.1, 0.15) is 32.5 Å². The molecule has 1 aliphatic rings. The highest BCUT2D eigenvalue weighted by Crippen LogP contribution is 2.23. The molecule has 3 heterocycles. The van der Waals surface area contributed by atoms with E-state index in [1.165, 1.54) is 0 Å². The predicted octanol–water partition coefficient (Wildman–Crippen LogP) is 1.76. The number of nitrogens with zero attached hydrogens (tertiary/aromatic N) is 5. The molecular weight excluding hydrogens is 306 g/mol. The van der Waals surface area contributed by atoms with Crippen LogP contribution in [-0.2, 0) is 0 Å². The highest BCUT2D eigenvalue weighted by molar-refractivity contribution is 5.58. The van der Waals surface area contributed by atoms with Gasteiger partial charge in [-0.2, -0.15) is 4.98 Å². The molecule has 0 aliphatic carbocycles. The quantitative estimate of drug-likeness (QED) is 0.894. The Hall–Kier alpha value is -1.99. The molecule has 1 atom stereocenters. The molecule has 0 saturated carbocycles. The van der Waals surface area contributed by atoms with E-state index in [4.69, 9.17) is 4.52 Å². The molecule has 0 spiro atoms. The summed E-state index contributed by atoms with van der Waals surface area (Å²) in [6.07, 6.45) is 1.50. The van der Waals surface area contributed by atoms with Gasteiger partial charge in [0.2, 0.25) is 0 Å². The lowest BCUT2D eigenvalue weighted by atomic mass is 10.2. The molecule has 0 radical (unpaired) electrons. The first-order chi connectivity index (χ1) is 11.5. The third-order valence-corrected chi connectivity index (χ3v) is 4.17. The van der Waals surface area contributed by atoms with Crippen molar-refractivity contribution >= 4 is 5.82 Å². The van der Waals surface area contributed by atoms with Crippen molar-refractivity contribution in [2.75, 3.05) is 37.6 Å². The fourth-order valence-corrected chi connectivity index (χ4v) is 2.84. The number of aromatic nitrogens is 3. The number of pyridine rings is 1. The van der Waals surface area contributed by atoms with Crippen LogP contribution in [0.3, 0.4) is 0 Å². The van der Waals surface area contributed by atoms with E-state index in [0.717, 1.165) is 49.9 Å². The Morgan fingerprint density at radius 1 is 1.21 bits per heavy atom. The Morgan fingerprint density at radius 2 is 1.96 bits per heavy atom. The lowest BCUT2D eigenvalue weighted by Gasteiger charge is -2.35. The van der Waals surface area contributed by atoms with Crippen LogP contribution < -0.4 is 4.90 Å². The van der Waals surface area contributed by atoms with Crippen LogP contribution in [0.25, 0.3) is 11.5 Å². The summed E-state index contributed by atoms with van der Waals surface area (Å²) in [5, 5.41) is 13.5. The van der Waals surface area contributed by atoms with Crippen molar-refractivity contribution in [3.63, 3.8) is 0 Å². The number of anilines is 1. The first-order valence-electron chi connectivity index (χ1n) is 8.48. The van der Waals surface area contributed by atoms with Crippen molar-refractivity contribution in [1.29, 1.82) is 0 Å². The smallest absolute Gasteiger partial charge is 0.258 e. The first kappa shape index (κ1) is 16.9. The molecule has 1 N–H and O–H groups in total. The van der Waals surface area contributed by atoms with E-state index in [9.17, 15) is 5.11 Å². The topological polar surface area (TPSA) is 78.5 Å². The average molecular weight is 331 g/mol. The predicted molar refractivity (Wildman–Crippen MR) is 92.0 cm³/mol. The van der Waals surface area contributed by atoms with E-state index >= 15 is 0 Å². The second-order valence-corrected chi connectivity index (χ2v) is 6.65. The van der Waals surface area contributed by atoms with Crippen molar-refractivity contribution < 1.29 is 9.63 Å². The van der Waals surface area contributed by atoms with E-state index in [1.54, 1.807) is 6.20 Å². The number of hydrogen-bond donors (Lipinski definition) is 1. The maximum absolute atomic E-state index is 9.50. The van der Waals surface area contributed by atoms with Gasteiger partial charge in [0.1, 0.15) is 5.82 Å². The van der Waals surface area contributed by atoms with Crippen molar-refractivity contribution in [2.24, 2.45) is 0 Å².